The highest BCUT2D eigenvalue weighted by molar-refractivity contribution is 6.30. The van der Waals surface area contributed by atoms with Gasteiger partial charge in [0.1, 0.15) is 6.10 Å². The van der Waals surface area contributed by atoms with Crippen LogP contribution in [0.4, 0.5) is 0 Å². The monoisotopic (exact) mass is 488 g/mol. The highest BCUT2D eigenvalue weighted by Gasteiger charge is 2.59. The summed E-state index contributed by atoms with van der Waals surface area (Å²) in [6.07, 6.45) is 18.2. The topological polar surface area (TPSA) is 26.3 Å². The molecule has 192 valence electrons. The van der Waals surface area contributed by atoms with Crippen LogP contribution in [0.3, 0.4) is 0 Å². The molecule has 0 heterocycles. The van der Waals surface area contributed by atoms with E-state index in [1.165, 1.54) is 57.4 Å². The highest BCUT2D eigenvalue weighted by Crippen LogP contribution is 2.67. The maximum atomic E-state index is 12.1. The van der Waals surface area contributed by atoms with Crippen molar-refractivity contribution in [3.05, 3.63) is 22.8 Å². The molecule has 3 fully saturated rings. The number of hydrogen-bond acceptors (Lipinski definition) is 2. The zero-order chi connectivity index (χ0) is 24.7. The van der Waals surface area contributed by atoms with Crippen molar-refractivity contribution in [2.75, 3.05) is 0 Å². The number of rotatable bonds is 7. The van der Waals surface area contributed by atoms with Gasteiger partial charge in [-0.15, -0.1) is 0 Å². The predicted molar refractivity (Wildman–Crippen MR) is 143 cm³/mol. The van der Waals surface area contributed by atoms with Gasteiger partial charge in [-0.05, 0) is 98.2 Å². The summed E-state index contributed by atoms with van der Waals surface area (Å²) in [5, 5.41) is 0.486. The molecular formula is C31H49ClO2. The Morgan fingerprint density at radius 3 is 2.59 bits per heavy atom. The van der Waals surface area contributed by atoms with Gasteiger partial charge < -0.3 is 4.74 Å². The van der Waals surface area contributed by atoms with E-state index in [2.05, 4.69) is 40.7 Å². The second kappa shape index (κ2) is 10.3. The van der Waals surface area contributed by atoms with Gasteiger partial charge in [-0.2, -0.15) is 0 Å². The molecule has 8 atom stereocenters. The quantitative estimate of drug-likeness (QED) is 0.203. The average molecular weight is 489 g/mol. The number of ether oxygens (including phenoxy) is 1. The molecule has 0 saturated heterocycles. The Morgan fingerprint density at radius 1 is 1.12 bits per heavy atom. The molecule has 0 spiro atoms. The van der Waals surface area contributed by atoms with Crippen LogP contribution in [0.1, 0.15) is 112 Å². The number of allylic oxidation sites excluding steroid dienone is 2. The second-order valence-electron chi connectivity index (χ2n) is 13.3. The smallest absolute Gasteiger partial charge is 0.332 e. The first kappa shape index (κ1) is 26.3. The van der Waals surface area contributed by atoms with E-state index in [4.69, 9.17) is 16.3 Å². The molecule has 0 unspecified atom stereocenters. The van der Waals surface area contributed by atoms with Gasteiger partial charge in [0.15, 0.2) is 0 Å². The molecule has 2 nitrogen and oxygen atoms in total. The normalized spacial score (nSPS) is 40.8. The van der Waals surface area contributed by atoms with E-state index < -0.39 is 0 Å². The fourth-order valence-corrected chi connectivity index (χ4v) is 9.20. The SMILES string of the molecule is C/C(Cl)=C\C(=O)O[C@H]1CC[C@@]2(C)C(=CC[C@H]3[C@H]4CC[C@@H]([C@@H](C)CCCC(C)C)[C@@]4(C)CC[C@@H]32)C1. The van der Waals surface area contributed by atoms with Crippen molar-refractivity contribution in [2.45, 2.75) is 118 Å². The molecule has 0 aromatic heterocycles. The molecule has 4 aliphatic rings. The summed E-state index contributed by atoms with van der Waals surface area (Å²) in [6.45, 7) is 14.2. The van der Waals surface area contributed by atoms with E-state index in [0.29, 0.717) is 15.9 Å². The fourth-order valence-electron chi connectivity index (χ4n) is 9.11. The first-order valence-electron chi connectivity index (χ1n) is 14.3. The third-order valence-corrected chi connectivity index (χ3v) is 11.0. The molecule has 4 rings (SSSR count). The first-order chi connectivity index (χ1) is 16.0. The molecule has 3 saturated carbocycles. The Morgan fingerprint density at radius 2 is 1.88 bits per heavy atom. The Labute approximate surface area is 214 Å². The van der Waals surface area contributed by atoms with Crippen LogP contribution in [-0.2, 0) is 9.53 Å². The van der Waals surface area contributed by atoms with E-state index >= 15 is 0 Å². The van der Waals surface area contributed by atoms with Gasteiger partial charge in [0.25, 0.3) is 0 Å². The fraction of sp³-hybridized carbons (Fsp3) is 0.839. The van der Waals surface area contributed by atoms with Gasteiger partial charge in [0, 0.05) is 17.5 Å². The zero-order valence-corrected chi connectivity index (χ0v) is 23.4. The van der Waals surface area contributed by atoms with Gasteiger partial charge in [0.2, 0.25) is 0 Å². The lowest BCUT2D eigenvalue weighted by Gasteiger charge is -2.58. The molecule has 34 heavy (non-hydrogen) atoms. The summed E-state index contributed by atoms with van der Waals surface area (Å²) >= 11 is 5.87. The van der Waals surface area contributed by atoms with Crippen LogP contribution in [0.15, 0.2) is 22.8 Å². The maximum Gasteiger partial charge on any atom is 0.332 e. The summed E-state index contributed by atoms with van der Waals surface area (Å²) in [5.74, 6) is 4.87. The number of fused-ring (bicyclic) bond motifs is 5. The second-order valence-corrected chi connectivity index (χ2v) is 13.9. The third-order valence-electron chi connectivity index (χ3n) is 10.9. The molecule has 4 aliphatic carbocycles. The van der Waals surface area contributed by atoms with Crippen LogP contribution in [0.2, 0.25) is 0 Å². The first-order valence-corrected chi connectivity index (χ1v) is 14.7. The van der Waals surface area contributed by atoms with E-state index in [1.54, 1.807) is 12.5 Å². The summed E-state index contributed by atoms with van der Waals surface area (Å²) in [7, 11) is 0. The van der Waals surface area contributed by atoms with Gasteiger partial charge in [0.05, 0.1) is 0 Å². The van der Waals surface area contributed by atoms with E-state index in [0.717, 1.165) is 54.8 Å². The van der Waals surface area contributed by atoms with Gasteiger partial charge in [-0.25, -0.2) is 4.79 Å². The Hall–Kier alpha value is -0.760. The highest BCUT2D eigenvalue weighted by atomic mass is 35.5. The van der Waals surface area contributed by atoms with Crippen LogP contribution in [-0.4, -0.2) is 12.1 Å². The lowest BCUT2D eigenvalue weighted by molar-refractivity contribution is -0.145. The number of halogens is 1. The van der Waals surface area contributed by atoms with Crippen LogP contribution in [0.25, 0.3) is 0 Å². The minimum atomic E-state index is -0.289. The largest absolute Gasteiger partial charge is 0.459 e. The van der Waals surface area contributed by atoms with Crippen LogP contribution >= 0.6 is 11.6 Å². The zero-order valence-electron chi connectivity index (χ0n) is 22.7. The average Bonchev–Trinajstić information content (AvgIpc) is 3.10. The van der Waals surface area contributed by atoms with Crippen LogP contribution < -0.4 is 0 Å². The molecule has 0 amide bonds. The number of esters is 1. The van der Waals surface area contributed by atoms with Gasteiger partial charge >= 0.3 is 5.97 Å². The Bertz CT molecular complexity index is 808. The van der Waals surface area contributed by atoms with Crippen molar-refractivity contribution in [2.24, 2.45) is 46.3 Å². The third kappa shape index (κ3) is 5.05. The lowest BCUT2D eigenvalue weighted by atomic mass is 9.47. The Kier molecular flexibility index (Phi) is 7.98. The predicted octanol–water partition coefficient (Wildman–Crippen LogP) is 9.08. The number of carbonyl (C=O) groups is 1. The van der Waals surface area contributed by atoms with Crippen molar-refractivity contribution in [1.29, 1.82) is 0 Å². The molecular weight excluding hydrogens is 440 g/mol. The van der Waals surface area contributed by atoms with Gasteiger partial charge in [-0.1, -0.05) is 77.1 Å². The van der Waals surface area contributed by atoms with E-state index in [-0.39, 0.29) is 12.1 Å². The molecule has 0 N–H and O–H groups in total. The van der Waals surface area contributed by atoms with Crippen molar-refractivity contribution in [1.82, 2.24) is 0 Å². The van der Waals surface area contributed by atoms with Crippen molar-refractivity contribution >= 4 is 17.6 Å². The maximum absolute atomic E-state index is 12.1. The van der Waals surface area contributed by atoms with Gasteiger partial charge in [-0.3, -0.25) is 0 Å². The van der Waals surface area contributed by atoms with Crippen LogP contribution in [0, 0.1) is 46.3 Å². The molecule has 0 bridgehead atoms. The van der Waals surface area contributed by atoms with Crippen LogP contribution in [0.5, 0.6) is 0 Å². The standard InChI is InChI=1S/C31H49ClO2/c1-20(2)8-7-9-21(3)26-12-13-27-25-11-10-23-19-24(34-29(33)18-22(4)32)14-16-30(23,5)28(25)15-17-31(26,27)6/h10,18,20-21,24-28H,7-9,11-17,19H2,1-6H3/b22-18+/t21-,24-,25-,26-,27+,28-,30-,31+/m0/s1. The summed E-state index contributed by atoms with van der Waals surface area (Å²) in [6, 6.07) is 0. The number of carbonyl (C=O) groups excluding carboxylic acids is 1. The lowest BCUT2D eigenvalue weighted by Crippen LogP contribution is -2.51. The van der Waals surface area contributed by atoms with Crippen molar-refractivity contribution in [3.63, 3.8) is 0 Å². The minimum absolute atomic E-state index is 0.00653. The molecule has 0 aromatic carbocycles. The van der Waals surface area contributed by atoms with Crippen molar-refractivity contribution < 1.29 is 9.53 Å². The number of hydrogen-bond donors (Lipinski definition) is 0. The molecule has 3 heteroatoms. The molecule has 0 aromatic rings. The van der Waals surface area contributed by atoms with E-state index in [9.17, 15) is 4.79 Å². The Balaban J connectivity index is 1.44. The summed E-state index contributed by atoms with van der Waals surface area (Å²) < 4.78 is 5.76. The molecule has 0 aliphatic heterocycles. The molecule has 0 radical (unpaired) electrons. The van der Waals surface area contributed by atoms with E-state index in [1.807, 2.05) is 0 Å². The summed E-state index contributed by atoms with van der Waals surface area (Å²) in [5.41, 5.74) is 2.41. The minimum Gasteiger partial charge on any atom is -0.459 e. The summed E-state index contributed by atoms with van der Waals surface area (Å²) in [4.78, 5) is 12.1. The van der Waals surface area contributed by atoms with Crippen molar-refractivity contribution in [3.8, 4) is 0 Å².